The van der Waals surface area contributed by atoms with E-state index in [1.54, 1.807) is 48.5 Å². The second-order valence-corrected chi connectivity index (χ2v) is 7.53. The number of nitrogens with zero attached hydrogens (tertiary/aromatic N) is 3. The van der Waals surface area contributed by atoms with Crippen LogP contribution >= 0.6 is 11.3 Å². The van der Waals surface area contributed by atoms with Gasteiger partial charge < -0.3 is 9.73 Å². The van der Waals surface area contributed by atoms with E-state index in [9.17, 15) is 19.7 Å². The van der Waals surface area contributed by atoms with Crippen molar-refractivity contribution in [2.24, 2.45) is 0 Å². The average molecular weight is 461 g/mol. The number of furan rings is 1. The highest BCUT2D eigenvalue weighted by Crippen LogP contribution is 2.28. The van der Waals surface area contributed by atoms with Gasteiger partial charge in [0, 0.05) is 23.8 Å². The summed E-state index contributed by atoms with van der Waals surface area (Å²) in [5.41, 5.74) is 1.16. The van der Waals surface area contributed by atoms with Gasteiger partial charge in [0.25, 0.3) is 11.6 Å². The Hall–Kier alpha value is -4.64. The van der Waals surface area contributed by atoms with Crippen LogP contribution in [0.2, 0.25) is 0 Å². The number of hydrogen-bond donors (Lipinski definition) is 2. The molecule has 0 aliphatic heterocycles. The lowest BCUT2D eigenvalue weighted by atomic mass is 10.1. The van der Waals surface area contributed by atoms with Crippen LogP contribution in [0.5, 0.6) is 0 Å². The summed E-state index contributed by atoms with van der Waals surface area (Å²) in [5, 5.41) is 24.8. The van der Waals surface area contributed by atoms with Gasteiger partial charge in [0.15, 0.2) is 0 Å². The molecule has 2 amide bonds. The van der Waals surface area contributed by atoms with Crippen molar-refractivity contribution < 1.29 is 18.9 Å². The van der Waals surface area contributed by atoms with Gasteiger partial charge in [-0.05, 0) is 42.5 Å². The largest absolute Gasteiger partial charge is 0.465 e. The van der Waals surface area contributed by atoms with Gasteiger partial charge in [-0.25, -0.2) is 0 Å². The fraction of sp³-hybridized carbons (Fsp3) is 0. The highest BCUT2D eigenvalue weighted by atomic mass is 32.1. The molecular formula is C22H15N5O5S. The van der Waals surface area contributed by atoms with E-state index in [0.29, 0.717) is 22.0 Å². The third kappa shape index (κ3) is 5.35. The van der Waals surface area contributed by atoms with E-state index in [2.05, 4.69) is 20.8 Å². The number of amides is 2. The first-order chi connectivity index (χ1) is 16.0. The van der Waals surface area contributed by atoms with Crippen LogP contribution in [0.1, 0.15) is 16.1 Å². The Morgan fingerprint density at radius 2 is 1.79 bits per heavy atom. The number of hydrogen-bond acceptors (Lipinski definition) is 8. The quantitative estimate of drug-likeness (QED) is 0.233. The minimum Gasteiger partial charge on any atom is -0.465 e. The zero-order valence-corrected chi connectivity index (χ0v) is 17.6. The van der Waals surface area contributed by atoms with E-state index in [4.69, 9.17) is 4.42 Å². The van der Waals surface area contributed by atoms with Gasteiger partial charge in [0.1, 0.15) is 10.8 Å². The van der Waals surface area contributed by atoms with Crippen LogP contribution in [0.15, 0.2) is 77.4 Å². The smallest absolute Gasteiger partial charge is 0.269 e. The fourth-order valence-corrected chi connectivity index (χ4v) is 3.53. The minimum atomic E-state index is -0.488. The topological polar surface area (TPSA) is 140 Å². The third-order valence-electron chi connectivity index (χ3n) is 4.34. The van der Waals surface area contributed by atoms with E-state index in [1.165, 1.54) is 30.5 Å². The van der Waals surface area contributed by atoms with Crippen molar-refractivity contribution in [1.29, 1.82) is 0 Å². The molecule has 4 aromatic rings. The van der Waals surface area contributed by atoms with Crippen LogP contribution in [0, 0.1) is 10.1 Å². The molecule has 0 aliphatic rings. The fourth-order valence-electron chi connectivity index (χ4n) is 2.79. The first-order valence-corrected chi connectivity index (χ1v) is 10.3. The summed E-state index contributed by atoms with van der Waals surface area (Å²) in [6, 6.07) is 15.8. The number of para-hydroxylation sites is 1. The summed E-state index contributed by atoms with van der Waals surface area (Å²) in [4.78, 5) is 35.3. The number of nitro groups is 1. The summed E-state index contributed by atoms with van der Waals surface area (Å²) < 4.78 is 5.14. The molecule has 10 nitrogen and oxygen atoms in total. The number of nitrogens with one attached hydrogen (secondary N) is 2. The second kappa shape index (κ2) is 9.66. The Bertz CT molecular complexity index is 1330. The Morgan fingerprint density at radius 1 is 1.00 bits per heavy atom. The molecule has 0 saturated carbocycles. The summed E-state index contributed by atoms with van der Waals surface area (Å²) >= 11 is 1.12. The molecule has 164 valence electrons. The minimum absolute atomic E-state index is 0.0329. The van der Waals surface area contributed by atoms with Crippen LogP contribution in [-0.2, 0) is 4.79 Å². The Kier molecular flexibility index (Phi) is 6.32. The molecule has 0 spiro atoms. The highest BCUT2D eigenvalue weighted by molar-refractivity contribution is 7.18. The molecule has 0 saturated heterocycles. The predicted molar refractivity (Wildman–Crippen MR) is 123 cm³/mol. The molecule has 2 N–H and O–H groups in total. The molecule has 2 heterocycles. The van der Waals surface area contributed by atoms with Gasteiger partial charge in [-0.1, -0.05) is 23.5 Å². The number of carbonyl (C=O) groups is 2. The molecule has 0 fully saturated rings. The van der Waals surface area contributed by atoms with E-state index in [1.807, 2.05) is 0 Å². The van der Waals surface area contributed by atoms with Crippen LogP contribution in [0.25, 0.3) is 16.6 Å². The molecule has 0 atom stereocenters. The summed E-state index contributed by atoms with van der Waals surface area (Å²) in [6.07, 6.45) is 4.31. The lowest BCUT2D eigenvalue weighted by Gasteiger charge is -2.08. The van der Waals surface area contributed by atoms with E-state index >= 15 is 0 Å². The van der Waals surface area contributed by atoms with Gasteiger partial charge in [-0.2, -0.15) is 0 Å². The SMILES string of the molecule is O=C(/C=C/c1ccco1)Nc1ccccc1C(=O)Nc1nnc(-c2ccc([N+](=O)[O-])cc2)s1. The molecule has 0 aliphatic carbocycles. The van der Waals surface area contributed by atoms with Crippen LogP contribution in [0.4, 0.5) is 16.5 Å². The van der Waals surface area contributed by atoms with E-state index in [0.717, 1.165) is 11.3 Å². The van der Waals surface area contributed by atoms with E-state index in [-0.39, 0.29) is 16.4 Å². The number of rotatable bonds is 7. The second-order valence-electron chi connectivity index (χ2n) is 6.55. The van der Waals surface area contributed by atoms with Gasteiger partial charge in [0.05, 0.1) is 22.4 Å². The van der Waals surface area contributed by atoms with E-state index < -0.39 is 16.7 Å². The molecule has 33 heavy (non-hydrogen) atoms. The monoisotopic (exact) mass is 461 g/mol. The van der Waals surface area contributed by atoms with Crippen molar-refractivity contribution in [2.75, 3.05) is 10.6 Å². The standard InChI is InChI=1S/C22H15N5O5S/c28-19(12-11-16-4-3-13-32-16)23-18-6-2-1-5-17(18)20(29)24-22-26-25-21(33-22)14-7-9-15(10-8-14)27(30)31/h1-13H,(H,23,28)(H,24,26,29)/b12-11+. The van der Waals surface area contributed by atoms with Crippen molar-refractivity contribution >= 4 is 45.7 Å². The maximum Gasteiger partial charge on any atom is 0.269 e. The van der Waals surface area contributed by atoms with Gasteiger partial charge in [-0.3, -0.25) is 25.0 Å². The number of carbonyl (C=O) groups excluding carboxylic acids is 2. The Balaban J connectivity index is 1.45. The molecule has 2 aromatic heterocycles. The van der Waals surface area contributed by atoms with Crippen molar-refractivity contribution in [2.45, 2.75) is 0 Å². The zero-order chi connectivity index (χ0) is 23.2. The van der Waals surface area contributed by atoms with Crippen LogP contribution < -0.4 is 10.6 Å². The molecule has 0 unspecified atom stereocenters. The molecule has 0 bridgehead atoms. The first-order valence-electron chi connectivity index (χ1n) is 9.51. The number of nitro benzene ring substituents is 1. The van der Waals surface area contributed by atoms with Crippen molar-refractivity contribution in [3.8, 4) is 10.6 Å². The molecule has 4 rings (SSSR count). The lowest BCUT2D eigenvalue weighted by molar-refractivity contribution is -0.384. The molecule has 0 radical (unpaired) electrons. The van der Waals surface area contributed by atoms with Gasteiger partial charge >= 0.3 is 0 Å². The zero-order valence-electron chi connectivity index (χ0n) is 16.8. The van der Waals surface area contributed by atoms with Gasteiger partial charge in [-0.15, -0.1) is 10.2 Å². The Morgan fingerprint density at radius 3 is 2.52 bits per heavy atom. The Labute approximate surface area is 190 Å². The van der Waals surface area contributed by atoms with Gasteiger partial charge in [0.2, 0.25) is 11.0 Å². The maximum absolute atomic E-state index is 12.8. The summed E-state index contributed by atoms with van der Waals surface area (Å²) in [7, 11) is 0. The summed E-state index contributed by atoms with van der Waals surface area (Å²) in [6.45, 7) is 0. The average Bonchev–Trinajstić information content (AvgIpc) is 3.50. The number of benzene rings is 2. The highest BCUT2D eigenvalue weighted by Gasteiger charge is 2.16. The number of aromatic nitrogens is 2. The van der Waals surface area contributed by atoms with Crippen molar-refractivity contribution in [3.05, 3.63) is 94.4 Å². The van der Waals surface area contributed by atoms with Crippen LogP contribution in [-0.4, -0.2) is 26.9 Å². The maximum atomic E-state index is 12.8. The molecule has 2 aromatic carbocycles. The van der Waals surface area contributed by atoms with Crippen LogP contribution in [0.3, 0.4) is 0 Å². The third-order valence-corrected chi connectivity index (χ3v) is 5.23. The normalized spacial score (nSPS) is 10.8. The first kappa shape index (κ1) is 21.6. The lowest BCUT2D eigenvalue weighted by Crippen LogP contribution is -2.16. The van der Waals surface area contributed by atoms with Crippen molar-refractivity contribution in [1.82, 2.24) is 10.2 Å². The molecule has 11 heteroatoms. The number of anilines is 2. The summed E-state index contributed by atoms with van der Waals surface area (Å²) in [5.74, 6) is -0.383. The van der Waals surface area contributed by atoms with Crippen molar-refractivity contribution in [3.63, 3.8) is 0 Å². The molecular weight excluding hydrogens is 446 g/mol. The number of non-ortho nitro benzene ring substituents is 1. The predicted octanol–water partition coefficient (Wildman–Crippen LogP) is 4.61.